The van der Waals surface area contributed by atoms with E-state index in [-0.39, 0.29) is 5.78 Å². The Balaban J connectivity index is 2.03. The molecule has 5 aromatic rings. The number of rotatable bonds is 3. The first-order valence-electron chi connectivity index (χ1n) is 8.80. The van der Waals surface area contributed by atoms with Crippen LogP contribution in [-0.4, -0.2) is 5.78 Å². The number of fused-ring (bicyclic) bond motifs is 2. The van der Waals surface area contributed by atoms with Crippen molar-refractivity contribution in [1.82, 2.24) is 0 Å². The first-order chi connectivity index (χ1) is 12.2. The normalized spacial score (nSPS) is 11.9. The minimum Gasteiger partial charge on any atom is -0.300 e. The van der Waals surface area contributed by atoms with Gasteiger partial charge in [0.1, 0.15) is 5.78 Å². The second kappa shape index (κ2) is 5.29. The van der Waals surface area contributed by atoms with Gasteiger partial charge in [0.25, 0.3) is 0 Å². The lowest BCUT2D eigenvalue weighted by Crippen LogP contribution is -1.97. The number of aryl methyl sites for hydroxylation is 1. The van der Waals surface area contributed by atoms with Gasteiger partial charge in [0, 0.05) is 6.42 Å². The van der Waals surface area contributed by atoms with Crippen molar-refractivity contribution in [1.29, 1.82) is 0 Å². The fourth-order valence-electron chi connectivity index (χ4n) is 4.26. The molecule has 1 heteroatoms. The molecule has 0 saturated heterocycles. The molecule has 0 radical (unpaired) electrons. The number of benzene rings is 5. The molecule has 0 fully saturated rings. The Morgan fingerprint density at radius 1 is 0.680 bits per heavy atom. The van der Waals surface area contributed by atoms with Crippen LogP contribution < -0.4 is 0 Å². The van der Waals surface area contributed by atoms with Crippen molar-refractivity contribution < 1.29 is 4.79 Å². The highest BCUT2D eigenvalue weighted by Gasteiger charge is 2.15. The van der Waals surface area contributed by atoms with Gasteiger partial charge in [-0.3, -0.25) is 0 Å². The lowest BCUT2D eigenvalue weighted by molar-refractivity contribution is -0.116. The molecule has 0 atom stereocenters. The first-order valence-corrected chi connectivity index (χ1v) is 8.80. The van der Waals surface area contributed by atoms with Crippen LogP contribution in [0.25, 0.3) is 43.1 Å². The minimum absolute atomic E-state index is 0.245. The Kier molecular flexibility index (Phi) is 3.05. The van der Waals surface area contributed by atoms with Crippen LogP contribution in [-0.2, 0) is 11.2 Å². The van der Waals surface area contributed by atoms with Crippen molar-refractivity contribution in [2.75, 3.05) is 0 Å². The molecule has 0 aliphatic carbocycles. The third-order valence-corrected chi connectivity index (χ3v) is 5.37. The maximum Gasteiger partial charge on any atom is 0.130 e. The summed E-state index contributed by atoms with van der Waals surface area (Å²) in [6, 6.07) is 24.0. The van der Waals surface area contributed by atoms with Gasteiger partial charge in [-0.05, 0) is 62.0 Å². The van der Waals surface area contributed by atoms with Gasteiger partial charge >= 0.3 is 0 Å². The van der Waals surface area contributed by atoms with Crippen molar-refractivity contribution in [3.8, 4) is 0 Å². The maximum atomic E-state index is 11.6. The predicted octanol–water partition coefficient (Wildman–Crippen LogP) is 6.26. The van der Waals surface area contributed by atoms with E-state index in [1.165, 1.54) is 48.7 Å². The van der Waals surface area contributed by atoms with Gasteiger partial charge in [-0.1, -0.05) is 66.7 Å². The number of carbonyl (C=O) groups is 1. The highest BCUT2D eigenvalue weighted by atomic mass is 16.1. The second-order valence-electron chi connectivity index (χ2n) is 6.91. The molecule has 120 valence electrons. The number of hydrogen-bond donors (Lipinski definition) is 0. The van der Waals surface area contributed by atoms with Crippen LogP contribution >= 0.6 is 0 Å². The summed E-state index contributed by atoms with van der Waals surface area (Å²) in [5.74, 6) is 0.245. The molecule has 1 nitrogen and oxygen atoms in total. The molecule has 0 N–H and O–H groups in total. The maximum absolute atomic E-state index is 11.6. The van der Waals surface area contributed by atoms with E-state index in [2.05, 4.69) is 66.7 Å². The quantitative estimate of drug-likeness (QED) is 0.283. The number of Topliss-reactive ketones (excluding diaryl/α,β-unsaturated/α-hetero) is 1. The van der Waals surface area contributed by atoms with Gasteiger partial charge in [0.15, 0.2) is 0 Å². The van der Waals surface area contributed by atoms with Crippen LogP contribution in [0.2, 0.25) is 0 Å². The van der Waals surface area contributed by atoms with Crippen LogP contribution in [0.15, 0.2) is 66.7 Å². The number of ketones is 1. The van der Waals surface area contributed by atoms with Gasteiger partial charge in [-0.25, -0.2) is 0 Å². The van der Waals surface area contributed by atoms with Crippen LogP contribution in [0, 0.1) is 0 Å². The van der Waals surface area contributed by atoms with E-state index in [4.69, 9.17) is 0 Å². The molecule has 0 saturated carbocycles. The van der Waals surface area contributed by atoms with E-state index in [1.54, 1.807) is 6.92 Å². The molecule has 5 rings (SSSR count). The average Bonchev–Trinajstić information content (AvgIpc) is 2.64. The molecule has 0 amide bonds. The Labute approximate surface area is 146 Å². The highest BCUT2D eigenvalue weighted by molar-refractivity contribution is 6.30. The first kappa shape index (κ1) is 14.4. The number of carbonyl (C=O) groups excluding carboxylic acids is 1. The average molecular weight is 322 g/mol. The smallest absolute Gasteiger partial charge is 0.130 e. The summed E-state index contributed by atoms with van der Waals surface area (Å²) in [6.45, 7) is 1.68. The summed E-state index contributed by atoms with van der Waals surface area (Å²) in [7, 11) is 0. The summed E-state index contributed by atoms with van der Waals surface area (Å²) >= 11 is 0. The Hall–Kier alpha value is -2.93. The fraction of sp³-hybridized carbons (Fsp3) is 0.125. The molecule has 0 heterocycles. The summed E-state index contributed by atoms with van der Waals surface area (Å²) in [4.78, 5) is 11.6. The zero-order chi connectivity index (χ0) is 17.0. The molecule has 25 heavy (non-hydrogen) atoms. The van der Waals surface area contributed by atoms with Crippen LogP contribution in [0.4, 0.5) is 0 Å². The van der Waals surface area contributed by atoms with Crippen LogP contribution in [0.1, 0.15) is 18.9 Å². The van der Waals surface area contributed by atoms with Gasteiger partial charge in [0.05, 0.1) is 0 Å². The van der Waals surface area contributed by atoms with E-state index in [9.17, 15) is 4.79 Å². The Morgan fingerprint density at radius 3 is 2.08 bits per heavy atom. The lowest BCUT2D eigenvalue weighted by atomic mass is 9.86. The molecule has 0 aliphatic rings. The topological polar surface area (TPSA) is 17.1 Å². The molecule has 5 aromatic carbocycles. The summed E-state index contributed by atoms with van der Waals surface area (Å²) in [6.07, 6.45) is 1.39. The highest BCUT2D eigenvalue weighted by Crippen LogP contribution is 2.41. The van der Waals surface area contributed by atoms with Crippen molar-refractivity contribution in [3.63, 3.8) is 0 Å². The molecule has 0 bridgehead atoms. The van der Waals surface area contributed by atoms with Crippen molar-refractivity contribution in [2.24, 2.45) is 0 Å². The Bertz CT molecular complexity index is 1250. The fourth-order valence-corrected chi connectivity index (χ4v) is 4.26. The van der Waals surface area contributed by atoms with Crippen molar-refractivity contribution in [3.05, 3.63) is 72.3 Å². The Morgan fingerprint density at radius 2 is 1.36 bits per heavy atom. The predicted molar refractivity (Wildman–Crippen MR) is 107 cm³/mol. The zero-order valence-corrected chi connectivity index (χ0v) is 14.2. The van der Waals surface area contributed by atoms with Gasteiger partial charge < -0.3 is 4.79 Å². The summed E-state index contributed by atoms with van der Waals surface area (Å²) in [5.41, 5.74) is 1.30. The van der Waals surface area contributed by atoms with E-state index < -0.39 is 0 Å². The number of hydrogen-bond acceptors (Lipinski definition) is 1. The molecular weight excluding hydrogens is 304 g/mol. The second-order valence-corrected chi connectivity index (χ2v) is 6.91. The summed E-state index contributed by atoms with van der Waals surface area (Å²) < 4.78 is 0. The van der Waals surface area contributed by atoms with Crippen molar-refractivity contribution in [2.45, 2.75) is 19.8 Å². The van der Waals surface area contributed by atoms with Crippen molar-refractivity contribution >= 4 is 48.9 Å². The van der Waals surface area contributed by atoms with Crippen LogP contribution in [0.5, 0.6) is 0 Å². The monoisotopic (exact) mass is 322 g/mol. The van der Waals surface area contributed by atoms with Gasteiger partial charge in [0.2, 0.25) is 0 Å². The van der Waals surface area contributed by atoms with E-state index in [1.807, 2.05) is 0 Å². The van der Waals surface area contributed by atoms with E-state index in [0.29, 0.717) is 6.42 Å². The molecule has 0 unspecified atom stereocenters. The van der Waals surface area contributed by atoms with Gasteiger partial charge in [-0.15, -0.1) is 0 Å². The SMILES string of the molecule is CC(=O)CCc1c2ccccc2c2ccc3cccc4ccc1c2c43. The largest absolute Gasteiger partial charge is 0.300 e. The molecule has 0 aromatic heterocycles. The molecule has 0 spiro atoms. The van der Waals surface area contributed by atoms with E-state index >= 15 is 0 Å². The molecular formula is C24H18O. The van der Waals surface area contributed by atoms with Crippen LogP contribution in [0.3, 0.4) is 0 Å². The van der Waals surface area contributed by atoms with E-state index in [0.717, 1.165) is 6.42 Å². The summed E-state index contributed by atoms with van der Waals surface area (Å²) in [5, 5.41) is 10.4. The third kappa shape index (κ3) is 2.05. The zero-order valence-electron chi connectivity index (χ0n) is 14.2. The third-order valence-electron chi connectivity index (χ3n) is 5.37. The van der Waals surface area contributed by atoms with Gasteiger partial charge in [-0.2, -0.15) is 0 Å². The lowest BCUT2D eigenvalue weighted by Gasteiger charge is -2.17. The standard InChI is InChI=1S/C24H18O/c1-15(25)9-12-20-18-7-2-3-8-19(18)21-13-10-16-5-4-6-17-11-14-22(20)24(21)23(16)17/h2-8,10-11,13-14H,9,12H2,1H3. The minimum atomic E-state index is 0.245. The molecule has 0 aliphatic heterocycles.